The van der Waals surface area contributed by atoms with Gasteiger partial charge in [0.05, 0.1) is 14.2 Å². The average Bonchev–Trinajstić information content (AvgIpc) is 3.09. The fourth-order valence-corrected chi connectivity index (χ4v) is 4.61. The maximum atomic E-state index is 13.0. The monoisotopic (exact) mass is 397 g/mol. The maximum absolute atomic E-state index is 13.0. The largest absolute Gasteiger partial charge is 0.497 e. The van der Waals surface area contributed by atoms with Gasteiger partial charge in [0.2, 0.25) is 0 Å². The number of ether oxygens (including phenoxy) is 2. The van der Waals surface area contributed by atoms with E-state index in [1.807, 2.05) is 23.1 Å². The van der Waals surface area contributed by atoms with Gasteiger partial charge in [-0.1, -0.05) is 23.2 Å². The second-order valence-electron chi connectivity index (χ2n) is 5.49. The molecule has 0 N–H and O–H groups in total. The highest BCUT2D eigenvalue weighted by atomic mass is 35.5. The Morgan fingerprint density at radius 2 is 1.84 bits per heavy atom. The predicted octanol–water partition coefficient (Wildman–Crippen LogP) is 4.90. The van der Waals surface area contributed by atoms with Gasteiger partial charge in [0, 0.05) is 39.5 Å². The first-order chi connectivity index (χ1) is 12.0. The van der Waals surface area contributed by atoms with Gasteiger partial charge < -0.3 is 14.4 Å². The summed E-state index contributed by atoms with van der Waals surface area (Å²) in [5, 5.41) is 0.758. The average molecular weight is 398 g/mol. The van der Waals surface area contributed by atoms with E-state index in [9.17, 15) is 4.79 Å². The number of hydrogen-bond acceptors (Lipinski definition) is 4. The number of rotatable bonds is 4. The number of thioether (sulfide) groups is 1. The zero-order valence-corrected chi connectivity index (χ0v) is 16.1. The molecule has 0 aromatic heterocycles. The third kappa shape index (κ3) is 3.84. The minimum absolute atomic E-state index is 0.0997. The summed E-state index contributed by atoms with van der Waals surface area (Å²) >= 11 is 13.8. The van der Waals surface area contributed by atoms with Crippen molar-refractivity contribution in [1.29, 1.82) is 0 Å². The molecule has 132 valence electrons. The van der Waals surface area contributed by atoms with Crippen molar-refractivity contribution in [2.75, 3.05) is 26.5 Å². The highest BCUT2D eigenvalue weighted by Crippen LogP contribution is 2.43. The van der Waals surface area contributed by atoms with Gasteiger partial charge in [0.25, 0.3) is 5.91 Å². The molecule has 25 heavy (non-hydrogen) atoms. The molecule has 1 saturated heterocycles. The van der Waals surface area contributed by atoms with Gasteiger partial charge >= 0.3 is 0 Å². The summed E-state index contributed by atoms with van der Waals surface area (Å²) in [5.41, 5.74) is 1.42. The number of methoxy groups -OCH3 is 2. The van der Waals surface area contributed by atoms with Crippen LogP contribution < -0.4 is 9.47 Å². The van der Waals surface area contributed by atoms with Crippen LogP contribution in [0.15, 0.2) is 36.4 Å². The molecule has 4 nitrogen and oxygen atoms in total. The third-order valence-electron chi connectivity index (χ3n) is 3.97. The Kier molecular flexibility index (Phi) is 5.67. The zero-order chi connectivity index (χ0) is 18.0. The van der Waals surface area contributed by atoms with E-state index in [1.54, 1.807) is 44.2 Å². The molecule has 0 bridgehead atoms. The molecule has 0 radical (unpaired) electrons. The lowest BCUT2D eigenvalue weighted by atomic mass is 10.1. The molecule has 0 saturated carbocycles. The molecule has 1 atom stereocenters. The minimum Gasteiger partial charge on any atom is -0.497 e. The van der Waals surface area contributed by atoms with Crippen LogP contribution in [0.5, 0.6) is 11.5 Å². The fraction of sp³-hybridized carbons (Fsp3) is 0.278. The molecule has 2 aromatic carbocycles. The van der Waals surface area contributed by atoms with Gasteiger partial charge in [-0.2, -0.15) is 0 Å². The number of carbonyl (C=O) groups excluding carboxylic acids is 1. The Labute approximate surface area is 161 Å². The topological polar surface area (TPSA) is 38.8 Å². The minimum atomic E-state index is -0.133. The number of halogens is 2. The van der Waals surface area contributed by atoms with Gasteiger partial charge in [0.15, 0.2) is 0 Å². The molecule has 1 amide bonds. The Balaban J connectivity index is 1.94. The van der Waals surface area contributed by atoms with Gasteiger partial charge in [-0.3, -0.25) is 4.79 Å². The lowest BCUT2D eigenvalue weighted by Crippen LogP contribution is -2.30. The third-order valence-corrected chi connectivity index (χ3v) is 5.65. The zero-order valence-electron chi connectivity index (χ0n) is 13.8. The number of benzene rings is 2. The molecule has 1 heterocycles. The number of carbonyl (C=O) groups is 1. The van der Waals surface area contributed by atoms with E-state index in [4.69, 9.17) is 32.7 Å². The van der Waals surface area contributed by atoms with Crippen LogP contribution in [0.3, 0.4) is 0 Å². The Bertz CT molecular complexity index is 780. The van der Waals surface area contributed by atoms with Crippen molar-refractivity contribution in [3.05, 3.63) is 57.6 Å². The van der Waals surface area contributed by atoms with Crippen LogP contribution in [0.4, 0.5) is 0 Å². The van der Waals surface area contributed by atoms with E-state index in [0.29, 0.717) is 33.7 Å². The SMILES string of the molecule is COc1ccc(C2SCCN2C(=O)c2cc(Cl)cc(Cl)c2)c(OC)c1. The van der Waals surface area contributed by atoms with E-state index >= 15 is 0 Å². The summed E-state index contributed by atoms with van der Waals surface area (Å²) in [7, 11) is 3.22. The molecule has 0 aliphatic carbocycles. The fourth-order valence-electron chi connectivity index (χ4n) is 2.80. The van der Waals surface area contributed by atoms with Crippen LogP contribution in [-0.4, -0.2) is 37.3 Å². The van der Waals surface area contributed by atoms with E-state index < -0.39 is 0 Å². The van der Waals surface area contributed by atoms with E-state index in [2.05, 4.69) is 0 Å². The summed E-state index contributed by atoms with van der Waals surface area (Å²) in [6, 6.07) is 10.5. The quantitative estimate of drug-likeness (QED) is 0.735. The van der Waals surface area contributed by atoms with Crippen molar-refractivity contribution < 1.29 is 14.3 Å². The van der Waals surface area contributed by atoms with Crippen LogP contribution in [-0.2, 0) is 0 Å². The smallest absolute Gasteiger partial charge is 0.255 e. The molecule has 0 spiro atoms. The van der Waals surface area contributed by atoms with Crippen molar-refractivity contribution in [1.82, 2.24) is 4.90 Å². The molecule has 3 rings (SSSR count). The van der Waals surface area contributed by atoms with Gasteiger partial charge in [-0.05, 0) is 30.3 Å². The standard InChI is InChI=1S/C18H17Cl2NO3S/c1-23-14-3-4-15(16(10-14)24-2)18-21(5-6-25-18)17(22)11-7-12(19)9-13(20)8-11/h3-4,7-10,18H,5-6H2,1-2H3. The molecule has 1 aliphatic heterocycles. The van der Waals surface area contributed by atoms with Crippen LogP contribution in [0, 0.1) is 0 Å². The Morgan fingerprint density at radius 3 is 2.48 bits per heavy atom. The van der Waals surface area contributed by atoms with Gasteiger partial charge in [-0.15, -0.1) is 11.8 Å². The van der Waals surface area contributed by atoms with Crippen molar-refractivity contribution in [3.63, 3.8) is 0 Å². The molecular formula is C18H17Cl2NO3S. The second kappa shape index (κ2) is 7.77. The number of amides is 1. The Hall–Kier alpha value is -1.56. The van der Waals surface area contributed by atoms with Crippen molar-refractivity contribution in [2.45, 2.75) is 5.37 Å². The normalized spacial score (nSPS) is 16.8. The molecule has 2 aromatic rings. The molecular weight excluding hydrogens is 381 g/mol. The first-order valence-corrected chi connectivity index (χ1v) is 9.44. The first kappa shape index (κ1) is 18.2. The second-order valence-corrected chi connectivity index (χ2v) is 7.55. The van der Waals surface area contributed by atoms with Crippen LogP contribution in [0.1, 0.15) is 21.3 Å². The lowest BCUT2D eigenvalue weighted by molar-refractivity contribution is 0.0759. The molecule has 7 heteroatoms. The van der Waals surface area contributed by atoms with E-state index in [-0.39, 0.29) is 11.3 Å². The van der Waals surface area contributed by atoms with Crippen molar-refractivity contribution in [2.24, 2.45) is 0 Å². The summed E-state index contributed by atoms with van der Waals surface area (Å²) in [6.07, 6.45) is 0. The predicted molar refractivity (Wildman–Crippen MR) is 102 cm³/mol. The highest BCUT2D eigenvalue weighted by molar-refractivity contribution is 7.99. The van der Waals surface area contributed by atoms with Crippen LogP contribution in [0.25, 0.3) is 0 Å². The van der Waals surface area contributed by atoms with Crippen molar-refractivity contribution >= 4 is 40.9 Å². The van der Waals surface area contributed by atoms with Gasteiger partial charge in [0.1, 0.15) is 16.9 Å². The van der Waals surface area contributed by atoms with Crippen molar-refractivity contribution in [3.8, 4) is 11.5 Å². The highest BCUT2D eigenvalue weighted by Gasteiger charge is 2.33. The summed E-state index contributed by atoms with van der Waals surface area (Å²) in [4.78, 5) is 14.8. The summed E-state index contributed by atoms with van der Waals surface area (Å²) < 4.78 is 10.7. The summed E-state index contributed by atoms with van der Waals surface area (Å²) in [5.74, 6) is 2.15. The Morgan fingerprint density at radius 1 is 1.12 bits per heavy atom. The molecule has 1 fully saturated rings. The summed E-state index contributed by atoms with van der Waals surface area (Å²) in [6.45, 7) is 0.646. The number of hydrogen-bond donors (Lipinski definition) is 0. The maximum Gasteiger partial charge on any atom is 0.255 e. The number of nitrogens with zero attached hydrogens (tertiary/aromatic N) is 1. The van der Waals surface area contributed by atoms with Crippen LogP contribution in [0.2, 0.25) is 10.0 Å². The van der Waals surface area contributed by atoms with Crippen LogP contribution >= 0.6 is 35.0 Å². The molecule has 1 aliphatic rings. The lowest BCUT2D eigenvalue weighted by Gasteiger charge is -2.26. The first-order valence-electron chi connectivity index (χ1n) is 7.64. The molecule has 1 unspecified atom stereocenters. The van der Waals surface area contributed by atoms with E-state index in [0.717, 1.165) is 11.3 Å². The van der Waals surface area contributed by atoms with E-state index in [1.165, 1.54) is 0 Å². The van der Waals surface area contributed by atoms with Gasteiger partial charge in [-0.25, -0.2) is 0 Å².